The van der Waals surface area contributed by atoms with Gasteiger partial charge in [-0.2, -0.15) is 0 Å². The molecule has 0 spiro atoms. The first kappa shape index (κ1) is 15.1. The summed E-state index contributed by atoms with van der Waals surface area (Å²) in [6.07, 6.45) is -1.18. The molecule has 0 saturated heterocycles. The number of carbonyl (C=O) groups excluding carboxylic acids is 1. The SMILES string of the molecule is CN1C(=O)c2c(c3c4c(ccnc4c2O)-c2ccccc2N3)[C@@H](O)[C@H]1O. The van der Waals surface area contributed by atoms with Gasteiger partial charge in [-0.3, -0.25) is 9.78 Å². The fourth-order valence-electron chi connectivity index (χ4n) is 3.89. The first-order valence-electron chi connectivity index (χ1n) is 8.18. The number of likely N-dealkylation sites (N-methyl/N-ethyl adjacent to an activating group) is 1. The van der Waals surface area contributed by atoms with E-state index in [1.165, 1.54) is 7.05 Å². The molecule has 0 bridgehead atoms. The third-order valence-electron chi connectivity index (χ3n) is 5.19. The van der Waals surface area contributed by atoms with Crippen LogP contribution in [0.4, 0.5) is 11.4 Å². The Hall–Kier alpha value is -3.16. The van der Waals surface area contributed by atoms with Gasteiger partial charge in [0.2, 0.25) is 0 Å². The monoisotopic (exact) mass is 349 g/mol. The molecule has 0 unspecified atom stereocenters. The maximum Gasteiger partial charge on any atom is 0.260 e. The van der Waals surface area contributed by atoms with Crippen molar-refractivity contribution in [3.8, 4) is 16.9 Å². The van der Waals surface area contributed by atoms with Crippen LogP contribution in [0.2, 0.25) is 0 Å². The maximum absolute atomic E-state index is 12.7. The molecule has 2 aromatic carbocycles. The molecular weight excluding hydrogens is 334 g/mol. The van der Waals surface area contributed by atoms with E-state index in [9.17, 15) is 20.1 Å². The van der Waals surface area contributed by atoms with Gasteiger partial charge in [0, 0.05) is 35.4 Å². The molecule has 130 valence electrons. The normalized spacial score (nSPS) is 20.6. The molecule has 5 rings (SSSR count). The summed E-state index contributed by atoms with van der Waals surface area (Å²) >= 11 is 0. The van der Waals surface area contributed by atoms with Gasteiger partial charge in [-0.1, -0.05) is 18.2 Å². The van der Waals surface area contributed by atoms with E-state index in [1.54, 1.807) is 6.20 Å². The van der Waals surface area contributed by atoms with Crippen LogP contribution in [0.5, 0.6) is 5.75 Å². The number of para-hydroxylation sites is 1. The molecule has 7 nitrogen and oxygen atoms in total. The number of aliphatic hydroxyl groups excluding tert-OH is 2. The van der Waals surface area contributed by atoms with Gasteiger partial charge in [0.25, 0.3) is 5.91 Å². The number of phenolic OH excluding ortho intramolecular Hbond substituents is 1. The molecule has 2 aliphatic heterocycles. The summed E-state index contributed by atoms with van der Waals surface area (Å²) in [5.41, 5.74) is 3.50. The second-order valence-corrected chi connectivity index (χ2v) is 6.54. The number of amides is 1. The molecule has 0 saturated carbocycles. The molecular formula is C19H15N3O4. The number of benzene rings is 2. The molecule has 1 amide bonds. The first-order valence-corrected chi connectivity index (χ1v) is 8.18. The lowest BCUT2D eigenvalue weighted by molar-refractivity contribution is -0.0671. The minimum atomic E-state index is -1.40. The van der Waals surface area contributed by atoms with E-state index in [-0.39, 0.29) is 22.4 Å². The Labute approximate surface area is 148 Å². The second-order valence-electron chi connectivity index (χ2n) is 6.54. The van der Waals surface area contributed by atoms with Gasteiger partial charge >= 0.3 is 0 Å². The Kier molecular flexibility index (Phi) is 2.87. The summed E-state index contributed by atoms with van der Waals surface area (Å²) in [5, 5.41) is 35.6. The van der Waals surface area contributed by atoms with E-state index >= 15 is 0 Å². The van der Waals surface area contributed by atoms with Crippen molar-refractivity contribution < 1.29 is 20.1 Å². The number of nitrogens with zero attached hydrogens (tertiary/aromatic N) is 2. The van der Waals surface area contributed by atoms with Gasteiger partial charge in [0.1, 0.15) is 11.6 Å². The highest BCUT2D eigenvalue weighted by atomic mass is 16.3. The predicted molar refractivity (Wildman–Crippen MR) is 95.2 cm³/mol. The largest absolute Gasteiger partial charge is 0.505 e. The van der Waals surface area contributed by atoms with Crippen molar-refractivity contribution in [2.45, 2.75) is 12.3 Å². The number of nitrogens with one attached hydrogen (secondary N) is 1. The fourth-order valence-corrected chi connectivity index (χ4v) is 3.89. The summed E-state index contributed by atoms with van der Waals surface area (Å²) in [6, 6.07) is 9.46. The van der Waals surface area contributed by atoms with Crippen molar-refractivity contribution in [1.29, 1.82) is 0 Å². The third-order valence-corrected chi connectivity index (χ3v) is 5.19. The third kappa shape index (κ3) is 1.68. The van der Waals surface area contributed by atoms with E-state index in [0.29, 0.717) is 11.1 Å². The van der Waals surface area contributed by atoms with Crippen LogP contribution in [0, 0.1) is 0 Å². The zero-order valence-electron chi connectivity index (χ0n) is 13.8. The minimum Gasteiger partial charge on any atom is -0.505 e. The predicted octanol–water partition coefficient (Wildman–Crippen LogP) is 2.10. The number of pyridine rings is 1. The lowest BCUT2D eigenvalue weighted by Gasteiger charge is -2.37. The maximum atomic E-state index is 12.7. The molecule has 2 atom stereocenters. The van der Waals surface area contributed by atoms with Crippen molar-refractivity contribution in [3.63, 3.8) is 0 Å². The Bertz CT molecular complexity index is 1110. The highest BCUT2D eigenvalue weighted by Crippen LogP contribution is 2.51. The van der Waals surface area contributed by atoms with E-state index in [4.69, 9.17) is 0 Å². The van der Waals surface area contributed by atoms with Crippen LogP contribution in [-0.4, -0.2) is 44.4 Å². The van der Waals surface area contributed by atoms with E-state index in [2.05, 4.69) is 10.3 Å². The number of carbonyl (C=O) groups is 1. The summed E-state index contributed by atoms with van der Waals surface area (Å²) < 4.78 is 0. The Morgan fingerprint density at radius 1 is 1.15 bits per heavy atom. The highest BCUT2D eigenvalue weighted by Gasteiger charge is 2.42. The molecule has 1 aromatic heterocycles. The second kappa shape index (κ2) is 4.94. The van der Waals surface area contributed by atoms with E-state index in [0.717, 1.165) is 21.7 Å². The van der Waals surface area contributed by atoms with Crippen LogP contribution in [0.25, 0.3) is 22.0 Å². The average Bonchev–Trinajstić information content (AvgIpc) is 2.67. The Balaban J connectivity index is 1.98. The van der Waals surface area contributed by atoms with E-state index in [1.807, 2.05) is 30.3 Å². The molecule has 0 fully saturated rings. The standard InChI is InChI=1S/C19H15N3O4/c1-22-18(25)13-12(17(24)19(22)26)14-11-9(6-7-20-15(11)16(13)23)8-4-2-3-5-10(8)21-14/h2-7,17,19,21,23-24,26H,1H3/t17-,19-/m1/s1. The van der Waals surface area contributed by atoms with Gasteiger partial charge in [-0.05, 0) is 17.7 Å². The van der Waals surface area contributed by atoms with Gasteiger partial charge in [0.05, 0.1) is 11.3 Å². The molecule has 0 radical (unpaired) electrons. The van der Waals surface area contributed by atoms with Gasteiger partial charge in [-0.15, -0.1) is 0 Å². The van der Waals surface area contributed by atoms with Crippen molar-refractivity contribution in [3.05, 3.63) is 47.7 Å². The summed E-state index contributed by atoms with van der Waals surface area (Å²) in [7, 11) is 1.38. The van der Waals surface area contributed by atoms with Gasteiger partial charge in [-0.25, -0.2) is 0 Å². The number of aromatic nitrogens is 1. The van der Waals surface area contributed by atoms with Crippen LogP contribution in [0.3, 0.4) is 0 Å². The first-order chi connectivity index (χ1) is 12.5. The van der Waals surface area contributed by atoms with Crippen molar-refractivity contribution in [2.75, 3.05) is 12.4 Å². The summed E-state index contributed by atoms with van der Waals surface area (Å²) in [4.78, 5) is 18.0. The van der Waals surface area contributed by atoms with Gasteiger partial charge in [0.15, 0.2) is 12.0 Å². The van der Waals surface area contributed by atoms with E-state index < -0.39 is 18.2 Å². The fraction of sp³-hybridized carbons (Fsp3) is 0.158. The van der Waals surface area contributed by atoms with Crippen LogP contribution < -0.4 is 5.32 Å². The van der Waals surface area contributed by atoms with Crippen LogP contribution >= 0.6 is 0 Å². The molecule has 4 N–H and O–H groups in total. The number of hydrogen-bond acceptors (Lipinski definition) is 6. The minimum absolute atomic E-state index is 0.0377. The quantitative estimate of drug-likeness (QED) is 0.362. The number of rotatable bonds is 0. The Morgan fingerprint density at radius 3 is 2.73 bits per heavy atom. The van der Waals surface area contributed by atoms with Gasteiger partial charge < -0.3 is 25.5 Å². The average molecular weight is 349 g/mol. The number of aliphatic hydroxyl groups is 2. The molecule has 0 aliphatic carbocycles. The molecule has 26 heavy (non-hydrogen) atoms. The molecule has 2 aliphatic rings. The van der Waals surface area contributed by atoms with Crippen LogP contribution in [0.1, 0.15) is 22.0 Å². The number of aromatic hydroxyl groups is 1. The van der Waals surface area contributed by atoms with Crippen molar-refractivity contribution >= 4 is 28.2 Å². The zero-order chi connectivity index (χ0) is 18.2. The lowest BCUT2D eigenvalue weighted by Crippen LogP contribution is -2.46. The number of fused-ring (bicyclic) bond motifs is 4. The molecule has 7 heteroatoms. The van der Waals surface area contributed by atoms with Crippen LogP contribution in [0.15, 0.2) is 36.5 Å². The highest BCUT2D eigenvalue weighted by molar-refractivity contribution is 6.17. The zero-order valence-corrected chi connectivity index (χ0v) is 13.8. The number of hydrogen-bond donors (Lipinski definition) is 4. The van der Waals surface area contributed by atoms with Crippen molar-refractivity contribution in [2.24, 2.45) is 0 Å². The molecule has 3 heterocycles. The number of anilines is 2. The molecule has 3 aromatic rings. The smallest absolute Gasteiger partial charge is 0.260 e. The van der Waals surface area contributed by atoms with Crippen molar-refractivity contribution in [1.82, 2.24) is 9.88 Å². The Morgan fingerprint density at radius 2 is 1.92 bits per heavy atom. The summed E-state index contributed by atoms with van der Waals surface area (Å²) in [5.74, 6) is -0.856. The van der Waals surface area contributed by atoms with Crippen LogP contribution in [-0.2, 0) is 0 Å². The lowest BCUT2D eigenvalue weighted by atomic mass is 9.85. The topological polar surface area (TPSA) is 106 Å². The number of phenols is 1. The summed E-state index contributed by atoms with van der Waals surface area (Å²) in [6.45, 7) is 0.